The summed E-state index contributed by atoms with van der Waals surface area (Å²) in [6.45, 7) is 0.734. The molecule has 0 saturated heterocycles. The number of nitrogens with two attached hydrogens (primary N) is 1. The molecule has 0 unspecified atom stereocenters. The highest BCUT2D eigenvalue weighted by atomic mass is 35.5. The summed E-state index contributed by atoms with van der Waals surface area (Å²) in [5, 5.41) is 5.84. The number of hydrogen-bond acceptors (Lipinski definition) is 4. The Labute approximate surface area is 126 Å². The summed E-state index contributed by atoms with van der Waals surface area (Å²) >= 11 is 7.46. The fraction of sp³-hybridized carbons (Fsp3) is 0.214. The molecule has 1 amide bonds. The zero-order chi connectivity index (χ0) is 14.5. The Morgan fingerprint density at radius 1 is 1.35 bits per heavy atom. The van der Waals surface area contributed by atoms with Crippen molar-refractivity contribution >= 4 is 40.2 Å². The van der Waals surface area contributed by atoms with Crippen LogP contribution in [0.4, 0.5) is 11.4 Å². The van der Waals surface area contributed by atoms with E-state index in [-0.39, 0.29) is 5.91 Å². The number of benzene rings is 1. The van der Waals surface area contributed by atoms with E-state index >= 15 is 0 Å². The maximum Gasteiger partial charge on any atom is 0.251 e. The highest BCUT2D eigenvalue weighted by molar-refractivity contribution is 7.16. The summed E-state index contributed by atoms with van der Waals surface area (Å²) in [5.74, 6) is -0.127. The van der Waals surface area contributed by atoms with Gasteiger partial charge in [-0.3, -0.25) is 4.79 Å². The zero-order valence-corrected chi connectivity index (χ0v) is 12.6. The summed E-state index contributed by atoms with van der Waals surface area (Å²) in [5.41, 5.74) is 7.89. The highest BCUT2D eigenvalue weighted by Gasteiger charge is 2.06. The van der Waals surface area contributed by atoms with Crippen LogP contribution in [0.3, 0.4) is 0 Å². The number of nitrogen functional groups attached to an aromatic ring is 1. The smallest absolute Gasteiger partial charge is 0.251 e. The Morgan fingerprint density at radius 3 is 2.80 bits per heavy atom. The average molecular weight is 310 g/mol. The van der Waals surface area contributed by atoms with Crippen molar-refractivity contribution in [2.24, 2.45) is 0 Å². The molecular formula is C14H16ClN3OS. The minimum Gasteiger partial charge on any atom is -0.397 e. The third-order valence-electron chi connectivity index (χ3n) is 2.86. The molecule has 0 saturated carbocycles. The fourth-order valence-corrected chi connectivity index (χ4v) is 2.89. The van der Waals surface area contributed by atoms with Gasteiger partial charge < -0.3 is 16.4 Å². The van der Waals surface area contributed by atoms with Gasteiger partial charge in [0.15, 0.2) is 0 Å². The van der Waals surface area contributed by atoms with Crippen LogP contribution in [0.5, 0.6) is 0 Å². The number of carbonyl (C=O) groups is 1. The number of carbonyl (C=O) groups excluding carboxylic acids is 1. The van der Waals surface area contributed by atoms with Crippen molar-refractivity contribution in [1.82, 2.24) is 5.32 Å². The Hall–Kier alpha value is -1.72. The first-order chi connectivity index (χ1) is 9.60. The van der Waals surface area contributed by atoms with Crippen LogP contribution >= 0.6 is 22.9 Å². The van der Waals surface area contributed by atoms with Crippen molar-refractivity contribution in [2.45, 2.75) is 6.42 Å². The monoisotopic (exact) mass is 309 g/mol. The lowest BCUT2D eigenvalue weighted by Gasteiger charge is -2.10. The lowest BCUT2D eigenvalue weighted by Crippen LogP contribution is -2.18. The van der Waals surface area contributed by atoms with Gasteiger partial charge in [0.05, 0.1) is 15.7 Å². The van der Waals surface area contributed by atoms with E-state index in [4.69, 9.17) is 17.3 Å². The quantitative estimate of drug-likeness (QED) is 0.744. The summed E-state index contributed by atoms with van der Waals surface area (Å²) in [7, 11) is 1.60. The van der Waals surface area contributed by atoms with Crippen molar-refractivity contribution in [2.75, 3.05) is 24.6 Å². The number of halogens is 1. The number of thiophene rings is 1. The summed E-state index contributed by atoms with van der Waals surface area (Å²) < 4.78 is 0.793. The van der Waals surface area contributed by atoms with Crippen molar-refractivity contribution < 1.29 is 4.79 Å². The van der Waals surface area contributed by atoms with Gasteiger partial charge in [-0.15, -0.1) is 11.3 Å². The van der Waals surface area contributed by atoms with Gasteiger partial charge in [-0.2, -0.15) is 0 Å². The standard InChI is InChI=1S/C14H16ClN3OS/c1-17-14(19)9-2-4-11(16)12(8-9)18-7-6-10-3-5-13(15)20-10/h2-5,8,18H,6-7,16H2,1H3,(H,17,19). The van der Waals surface area contributed by atoms with Crippen LogP contribution in [0.1, 0.15) is 15.2 Å². The van der Waals surface area contributed by atoms with Crippen molar-refractivity contribution in [3.8, 4) is 0 Å². The first-order valence-electron chi connectivity index (χ1n) is 6.20. The second kappa shape index (κ2) is 6.63. The topological polar surface area (TPSA) is 67.2 Å². The normalized spacial score (nSPS) is 10.3. The predicted molar refractivity (Wildman–Crippen MR) is 85.8 cm³/mol. The molecular weight excluding hydrogens is 294 g/mol. The SMILES string of the molecule is CNC(=O)c1ccc(N)c(NCCc2ccc(Cl)s2)c1. The molecule has 0 aliphatic rings. The van der Waals surface area contributed by atoms with Crippen LogP contribution in [0.25, 0.3) is 0 Å². The van der Waals surface area contributed by atoms with Gasteiger partial charge in [0.25, 0.3) is 5.91 Å². The van der Waals surface area contributed by atoms with E-state index in [0.717, 1.165) is 23.0 Å². The summed E-state index contributed by atoms with van der Waals surface area (Å²) in [6, 6.07) is 9.10. The average Bonchev–Trinajstić information content (AvgIpc) is 2.85. The van der Waals surface area contributed by atoms with Gasteiger partial charge in [0.2, 0.25) is 0 Å². The molecule has 4 N–H and O–H groups in total. The molecule has 106 valence electrons. The molecule has 0 radical (unpaired) electrons. The number of hydrogen-bond donors (Lipinski definition) is 3. The molecule has 2 aromatic rings. The van der Waals surface area contributed by atoms with Gasteiger partial charge in [-0.1, -0.05) is 11.6 Å². The largest absolute Gasteiger partial charge is 0.397 e. The molecule has 0 atom stereocenters. The molecule has 1 aromatic carbocycles. The van der Waals surface area contributed by atoms with Crippen molar-refractivity contribution in [3.05, 3.63) is 45.1 Å². The van der Waals surface area contributed by atoms with Crippen LogP contribution in [0, 0.1) is 0 Å². The molecule has 2 rings (SSSR count). The Kier molecular flexibility index (Phi) is 4.87. The van der Waals surface area contributed by atoms with Gasteiger partial charge in [-0.25, -0.2) is 0 Å². The fourth-order valence-electron chi connectivity index (χ4n) is 1.80. The van der Waals surface area contributed by atoms with E-state index in [0.29, 0.717) is 11.3 Å². The molecule has 0 fully saturated rings. The first-order valence-corrected chi connectivity index (χ1v) is 7.39. The van der Waals surface area contributed by atoms with E-state index < -0.39 is 0 Å². The second-order valence-corrected chi connectivity index (χ2v) is 6.06. The maximum atomic E-state index is 11.6. The summed E-state index contributed by atoms with van der Waals surface area (Å²) in [6.07, 6.45) is 0.862. The molecule has 0 aliphatic heterocycles. The lowest BCUT2D eigenvalue weighted by atomic mass is 10.1. The molecule has 0 aliphatic carbocycles. The second-order valence-electron chi connectivity index (χ2n) is 4.26. The minimum atomic E-state index is -0.127. The van der Waals surface area contributed by atoms with Crippen LogP contribution in [0.15, 0.2) is 30.3 Å². The highest BCUT2D eigenvalue weighted by Crippen LogP contribution is 2.23. The predicted octanol–water partition coefficient (Wildman–Crippen LogP) is 3.00. The molecule has 1 aromatic heterocycles. The molecule has 6 heteroatoms. The third kappa shape index (κ3) is 3.65. The van der Waals surface area contributed by atoms with Crippen molar-refractivity contribution in [3.63, 3.8) is 0 Å². The number of anilines is 2. The van der Waals surface area contributed by atoms with Crippen LogP contribution in [-0.2, 0) is 6.42 Å². The number of nitrogens with one attached hydrogen (secondary N) is 2. The van der Waals surface area contributed by atoms with Crippen LogP contribution < -0.4 is 16.4 Å². The van der Waals surface area contributed by atoms with Crippen LogP contribution in [0.2, 0.25) is 4.34 Å². The maximum absolute atomic E-state index is 11.6. The van der Waals surface area contributed by atoms with E-state index in [9.17, 15) is 4.79 Å². The van der Waals surface area contributed by atoms with E-state index in [1.165, 1.54) is 4.88 Å². The molecule has 0 spiro atoms. The third-order valence-corrected chi connectivity index (χ3v) is 4.15. The van der Waals surface area contributed by atoms with E-state index in [1.807, 2.05) is 12.1 Å². The number of rotatable bonds is 5. The molecule has 0 bridgehead atoms. The van der Waals surface area contributed by atoms with Crippen molar-refractivity contribution in [1.29, 1.82) is 0 Å². The number of amides is 1. The van der Waals surface area contributed by atoms with E-state index in [2.05, 4.69) is 10.6 Å². The van der Waals surface area contributed by atoms with Gasteiger partial charge in [0, 0.05) is 24.0 Å². The Balaban J connectivity index is 1.99. The van der Waals surface area contributed by atoms with Gasteiger partial charge >= 0.3 is 0 Å². The van der Waals surface area contributed by atoms with Crippen LogP contribution in [-0.4, -0.2) is 19.5 Å². The lowest BCUT2D eigenvalue weighted by molar-refractivity contribution is 0.0963. The Morgan fingerprint density at radius 2 is 2.15 bits per heavy atom. The molecule has 1 heterocycles. The molecule has 4 nitrogen and oxygen atoms in total. The Bertz CT molecular complexity index is 612. The zero-order valence-electron chi connectivity index (χ0n) is 11.1. The first kappa shape index (κ1) is 14.7. The minimum absolute atomic E-state index is 0.127. The summed E-state index contributed by atoms with van der Waals surface area (Å²) in [4.78, 5) is 12.8. The molecule has 20 heavy (non-hydrogen) atoms. The van der Waals surface area contributed by atoms with E-state index in [1.54, 1.807) is 36.6 Å². The van der Waals surface area contributed by atoms with Gasteiger partial charge in [-0.05, 0) is 36.8 Å². The van der Waals surface area contributed by atoms with Gasteiger partial charge in [0.1, 0.15) is 0 Å².